The molecule has 0 amide bonds. The topological polar surface area (TPSA) is 34.1 Å². The van der Waals surface area contributed by atoms with Gasteiger partial charge in [-0.3, -0.25) is 0 Å². The zero-order valence-electron chi connectivity index (χ0n) is 11.5. The fraction of sp³-hybridized carbons (Fsp3) is 0.400. The summed E-state index contributed by atoms with van der Waals surface area (Å²) in [4.78, 5) is 4.55. The molecule has 1 aromatic carbocycles. The Kier molecular flexibility index (Phi) is 5.36. The van der Waals surface area contributed by atoms with Gasteiger partial charge in [0.1, 0.15) is 12.4 Å². The van der Waals surface area contributed by atoms with Crippen LogP contribution in [0.25, 0.3) is 0 Å². The van der Waals surface area contributed by atoms with Crippen molar-refractivity contribution >= 4 is 11.3 Å². The zero-order chi connectivity index (χ0) is 13.5. The van der Waals surface area contributed by atoms with Gasteiger partial charge in [0.25, 0.3) is 0 Å². The van der Waals surface area contributed by atoms with E-state index in [2.05, 4.69) is 34.7 Å². The van der Waals surface area contributed by atoms with Crippen LogP contribution in [0.3, 0.4) is 0 Å². The number of thiazole rings is 1. The van der Waals surface area contributed by atoms with Gasteiger partial charge in [-0.2, -0.15) is 0 Å². The van der Waals surface area contributed by atoms with E-state index >= 15 is 0 Å². The van der Waals surface area contributed by atoms with Gasteiger partial charge in [-0.15, -0.1) is 11.3 Å². The van der Waals surface area contributed by atoms with Crippen LogP contribution in [0, 0.1) is 0 Å². The maximum Gasteiger partial charge on any atom is 0.131 e. The lowest BCUT2D eigenvalue weighted by atomic mass is 10.2. The molecule has 0 aliphatic heterocycles. The monoisotopic (exact) mass is 276 g/mol. The molecule has 0 saturated carbocycles. The molecule has 102 valence electrons. The molecule has 0 aliphatic carbocycles. The van der Waals surface area contributed by atoms with Crippen LogP contribution < -0.4 is 10.1 Å². The summed E-state index contributed by atoms with van der Waals surface area (Å²) >= 11 is 1.72. The number of ether oxygens (including phenoxy) is 1. The van der Waals surface area contributed by atoms with Crippen molar-refractivity contribution in [1.82, 2.24) is 10.3 Å². The molecule has 0 aliphatic rings. The fourth-order valence-corrected chi connectivity index (χ4v) is 2.74. The normalized spacial score (nSPS) is 10.6. The second-order valence-electron chi connectivity index (χ2n) is 4.45. The van der Waals surface area contributed by atoms with Crippen molar-refractivity contribution in [3.8, 4) is 5.75 Å². The minimum atomic E-state index is 0.545. The van der Waals surface area contributed by atoms with Crippen LogP contribution in [0.2, 0.25) is 0 Å². The van der Waals surface area contributed by atoms with Crippen molar-refractivity contribution in [2.75, 3.05) is 7.05 Å². The number of aromatic nitrogens is 1. The van der Waals surface area contributed by atoms with Gasteiger partial charge >= 0.3 is 0 Å². The number of hydrogen-bond donors (Lipinski definition) is 1. The molecule has 2 rings (SSSR count). The van der Waals surface area contributed by atoms with Crippen LogP contribution in [0.1, 0.15) is 29.6 Å². The highest BCUT2D eigenvalue weighted by Crippen LogP contribution is 2.17. The first-order valence-electron chi connectivity index (χ1n) is 6.61. The number of benzene rings is 1. The predicted molar refractivity (Wildman–Crippen MR) is 79.6 cm³/mol. The average Bonchev–Trinajstić information content (AvgIpc) is 2.86. The number of nitrogens with one attached hydrogen (secondary N) is 1. The third kappa shape index (κ3) is 4.33. The average molecular weight is 276 g/mol. The Morgan fingerprint density at radius 1 is 1.37 bits per heavy atom. The summed E-state index contributed by atoms with van der Waals surface area (Å²) in [5, 5.41) is 6.42. The summed E-state index contributed by atoms with van der Waals surface area (Å²) in [7, 11) is 1.94. The summed E-state index contributed by atoms with van der Waals surface area (Å²) in [5.74, 6) is 0.901. The molecular formula is C15H20N2OS. The second kappa shape index (κ2) is 7.26. The Hall–Kier alpha value is -1.39. The van der Waals surface area contributed by atoms with Crippen LogP contribution in [-0.4, -0.2) is 12.0 Å². The van der Waals surface area contributed by atoms with Gasteiger partial charge in [-0.1, -0.05) is 19.1 Å². The van der Waals surface area contributed by atoms with Crippen molar-refractivity contribution < 1.29 is 4.74 Å². The lowest BCUT2D eigenvalue weighted by Gasteiger charge is -2.06. The predicted octanol–water partition coefficient (Wildman–Crippen LogP) is 3.39. The molecule has 1 heterocycles. The summed E-state index contributed by atoms with van der Waals surface area (Å²) < 4.78 is 5.79. The summed E-state index contributed by atoms with van der Waals surface area (Å²) in [6.45, 7) is 3.57. The highest BCUT2D eigenvalue weighted by Gasteiger charge is 2.03. The molecule has 0 atom stereocenters. The van der Waals surface area contributed by atoms with Gasteiger partial charge in [0.05, 0.1) is 10.7 Å². The van der Waals surface area contributed by atoms with Crippen LogP contribution in [0.5, 0.6) is 5.75 Å². The van der Waals surface area contributed by atoms with E-state index in [-0.39, 0.29) is 0 Å². The Morgan fingerprint density at radius 2 is 2.26 bits per heavy atom. The maximum atomic E-state index is 5.79. The molecule has 0 radical (unpaired) electrons. The number of hydrogen-bond acceptors (Lipinski definition) is 4. The Morgan fingerprint density at radius 3 is 3.05 bits per heavy atom. The summed E-state index contributed by atoms with van der Waals surface area (Å²) in [6, 6.07) is 8.16. The van der Waals surface area contributed by atoms with Crippen LogP contribution in [0.4, 0.5) is 0 Å². The Balaban J connectivity index is 1.91. The molecule has 0 spiro atoms. The van der Waals surface area contributed by atoms with Gasteiger partial charge < -0.3 is 10.1 Å². The molecule has 1 aromatic heterocycles. The number of nitrogens with zero attached hydrogens (tertiary/aromatic N) is 1. The lowest BCUT2D eigenvalue weighted by molar-refractivity contribution is 0.301. The Bertz CT molecular complexity index is 510. The summed E-state index contributed by atoms with van der Waals surface area (Å²) in [6.07, 6.45) is 2.20. The van der Waals surface area contributed by atoms with E-state index in [1.54, 1.807) is 11.3 Å². The van der Waals surface area contributed by atoms with E-state index in [1.807, 2.05) is 19.2 Å². The van der Waals surface area contributed by atoms with E-state index in [0.29, 0.717) is 6.61 Å². The van der Waals surface area contributed by atoms with Gasteiger partial charge in [0.2, 0.25) is 0 Å². The largest absolute Gasteiger partial charge is 0.487 e. The standard InChI is InChI=1S/C15H20N2OS/c1-3-5-15-17-13(11-19-15)10-18-14-7-4-6-12(8-14)9-16-2/h4,6-8,11,16H,3,5,9-10H2,1-2H3. The molecule has 0 unspecified atom stereocenters. The van der Waals surface area contributed by atoms with Crippen molar-refractivity contribution in [2.24, 2.45) is 0 Å². The highest BCUT2D eigenvalue weighted by atomic mass is 32.1. The Labute approximate surface area is 118 Å². The van der Waals surface area contributed by atoms with E-state index < -0.39 is 0 Å². The quantitative estimate of drug-likeness (QED) is 0.841. The first-order chi connectivity index (χ1) is 9.31. The smallest absolute Gasteiger partial charge is 0.131 e. The van der Waals surface area contributed by atoms with Gasteiger partial charge in [-0.05, 0) is 37.6 Å². The van der Waals surface area contributed by atoms with Crippen molar-refractivity contribution in [3.63, 3.8) is 0 Å². The van der Waals surface area contributed by atoms with Crippen LogP contribution in [0.15, 0.2) is 29.6 Å². The van der Waals surface area contributed by atoms with Crippen molar-refractivity contribution in [2.45, 2.75) is 32.9 Å². The van der Waals surface area contributed by atoms with Crippen molar-refractivity contribution in [1.29, 1.82) is 0 Å². The van der Waals surface area contributed by atoms with E-state index in [1.165, 1.54) is 10.6 Å². The van der Waals surface area contributed by atoms with E-state index in [4.69, 9.17) is 4.74 Å². The van der Waals surface area contributed by atoms with Crippen LogP contribution in [-0.2, 0) is 19.6 Å². The summed E-state index contributed by atoms with van der Waals surface area (Å²) in [5.41, 5.74) is 2.25. The van der Waals surface area contributed by atoms with Gasteiger partial charge in [0, 0.05) is 11.9 Å². The minimum Gasteiger partial charge on any atom is -0.487 e. The van der Waals surface area contributed by atoms with Gasteiger partial charge in [0.15, 0.2) is 0 Å². The first-order valence-corrected chi connectivity index (χ1v) is 7.49. The number of rotatable bonds is 7. The molecule has 4 heteroatoms. The SMILES string of the molecule is CCCc1nc(COc2cccc(CNC)c2)cs1. The molecule has 2 aromatic rings. The molecule has 19 heavy (non-hydrogen) atoms. The number of aryl methyl sites for hydroxylation is 1. The third-order valence-electron chi connectivity index (χ3n) is 2.73. The molecule has 0 bridgehead atoms. The van der Waals surface area contributed by atoms with E-state index in [0.717, 1.165) is 30.8 Å². The lowest BCUT2D eigenvalue weighted by Crippen LogP contribution is -2.05. The van der Waals surface area contributed by atoms with Gasteiger partial charge in [-0.25, -0.2) is 4.98 Å². The first kappa shape index (κ1) is 14.0. The van der Waals surface area contributed by atoms with Crippen LogP contribution >= 0.6 is 11.3 Å². The highest BCUT2D eigenvalue weighted by molar-refractivity contribution is 7.09. The maximum absolute atomic E-state index is 5.79. The molecule has 3 nitrogen and oxygen atoms in total. The molecule has 0 fully saturated rings. The minimum absolute atomic E-state index is 0.545. The van der Waals surface area contributed by atoms with E-state index in [9.17, 15) is 0 Å². The third-order valence-corrected chi connectivity index (χ3v) is 3.69. The molecule has 0 saturated heterocycles. The molecule has 1 N–H and O–H groups in total. The second-order valence-corrected chi connectivity index (χ2v) is 5.39. The molecular weight excluding hydrogens is 256 g/mol. The zero-order valence-corrected chi connectivity index (χ0v) is 12.3. The van der Waals surface area contributed by atoms with Crippen molar-refractivity contribution in [3.05, 3.63) is 45.9 Å². The fourth-order valence-electron chi connectivity index (χ4n) is 1.85.